The number of benzene rings is 2. The van der Waals surface area contributed by atoms with Crippen LogP contribution in [-0.4, -0.2) is 38.6 Å². The van der Waals surface area contributed by atoms with Crippen molar-refractivity contribution in [3.8, 4) is 11.3 Å². The van der Waals surface area contributed by atoms with Crippen molar-refractivity contribution in [2.75, 3.05) is 18.4 Å². The summed E-state index contributed by atoms with van der Waals surface area (Å²) >= 11 is 1.62. The van der Waals surface area contributed by atoms with Gasteiger partial charge in [-0.1, -0.05) is 23.9 Å². The first-order valence-corrected chi connectivity index (χ1v) is 10.9. The predicted octanol–water partition coefficient (Wildman–Crippen LogP) is 3.40. The Bertz CT molecular complexity index is 1300. The van der Waals surface area contributed by atoms with Crippen molar-refractivity contribution in [3.63, 3.8) is 0 Å². The Labute approximate surface area is 187 Å². The number of halogens is 1. The molecule has 0 saturated carbocycles. The molecule has 0 unspecified atom stereocenters. The van der Waals surface area contributed by atoms with Crippen LogP contribution in [0.2, 0.25) is 0 Å². The number of hydrogen-bond donors (Lipinski definition) is 1. The summed E-state index contributed by atoms with van der Waals surface area (Å²) in [5.74, 6) is -0.693. The monoisotopic (exact) mass is 447 g/mol. The molecule has 3 heterocycles. The quantitative estimate of drug-likeness (QED) is 0.649. The lowest BCUT2D eigenvalue weighted by molar-refractivity contribution is -0.116. The van der Waals surface area contributed by atoms with Crippen molar-refractivity contribution in [1.29, 1.82) is 0 Å². The summed E-state index contributed by atoms with van der Waals surface area (Å²) in [5, 5.41) is 5.92. The summed E-state index contributed by atoms with van der Waals surface area (Å²) in [4.78, 5) is 35.7. The van der Waals surface area contributed by atoms with E-state index in [-0.39, 0.29) is 23.8 Å². The topological polar surface area (TPSA) is 79.6 Å². The van der Waals surface area contributed by atoms with Gasteiger partial charge in [-0.05, 0) is 42.0 Å². The van der Waals surface area contributed by atoms with Crippen LogP contribution in [0.1, 0.15) is 5.56 Å². The Balaban J connectivity index is 1.23. The first-order chi connectivity index (χ1) is 15.6. The lowest BCUT2D eigenvalue weighted by atomic mass is 10.1. The van der Waals surface area contributed by atoms with E-state index in [1.165, 1.54) is 29.1 Å². The summed E-state index contributed by atoms with van der Waals surface area (Å²) in [5.41, 5.74) is 3.50. The Hall–Kier alpha value is -3.72. The maximum atomic E-state index is 13.1. The largest absolute Gasteiger partial charge is 0.325 e. The normalized spacial score (nSPS) is 14.7. The van der Waals surface area contributed by atoms with E-state index >= 15 is 0 Å². The number of carbonyl (C=O) groups is 1. The molecule has 2 aromatic carbocycles. The molecule has 2 aliphatic rings. The summed E-state index contributed by atoms with van der Waals surface area (Å²) in [6.45, 7) is 1.54. The highest BCUT2D eigenvalue weighted by Crippen LogP contribution is 2.35. The number of hydrogen-bond acceptors (Lipinski definition) is 6. The van der Waals surface area contributed by atoms with E-state index < -0.39 is 0 Å². The van der Waals surface area contributed by atoms with E-state index in [4.69, 9.17) is 0 Å². The zero-order valence-corrected chi connectivity index (χ0v) is 17.7. The van der Waals surface area contributed by atoms with Gasteiger partial charge in [-0.3, -0.25) is 19.1 Å². The molecule has 0 atom stereocenters. The fraction of sp³-hybridized carbons (Fsp3) is 0.130. The molecule has 3 aromatic rings. The SMILES string of the molecule is O=C(Cn1cnc(-c2ccc(F)cc2)cc1=O)Nc1ccc(C2=CSC3=NCCN23)cc1. The molecule has 1 N–H and O–H groups in total. The third-order valence-electron chi connectivity index (χ3n) is 5.17. The molecule has 0 fully saturated rings. The second-order valence-corrected chi connectivity index (χ2v) is 8.15. The summed E-state index contributed by atoms with van der Waals surface area (Å²) in [6.07, 6.45) is 1.32. The predicted molar refractivity (Wildman–Crippen MR) is 124 cm³/mol. The minimum atomic E-state index is -0.362. The van der Waals surface area contributed by atoms with Crippen molar-refractivity contribution in [3.05, 3.63) is 88.1 Å². The van der Waals surface area contributed by atoms with Crippen molar-refractivity contribution in [2.24, 2.45) is 4.99 Å². The fourth-order valence-electron chi connectivity index (χ4n) is 3.55. The maximum Gasteiger partial charge on any atom is 0.254 e. The van der Waals surface area contributed by atoms with E-state index in [0.717, 1.165) is 29.5 Å². The zero-order chi connectivity index (χ0) is 22.1. The molecule has 0 bridgehead atoms. The Morgan fingerprint density at radius 1 is 1.09 bits per heavy atom. The van der Waals surface area contributed by atoms with Gasteiger partial charge >= 0.3 is 0 Å². The van der Waals surface area contributed by atoms with E-state index in [0.29, 0.717) is 16.9 Å². The molecule has 1 aromatic heterocycles. The average molecular weight is 447 g/mol. The molecular weight excluding hydrogens is 429 g/mol. The van der Waals surface area contributed by atoms with Crippen LogP contribution in [0.5, 0.6) is 0 Å². The average Bonchev–Trinajstić information content (AvgIpc) is 3.41. The summed E-state index contributed by atoms with van der Waals surface area (Å²) < 4.78 is 14.3. The first kappa shape index (κ1) is 20.2. The van der Waals surface area contributed by atoms with Gasteiger partial charge in [0.1, 0.15) is 12.4 Å². The number of amides is 1. The molecule has 7 nitrogen and oxygen atoms in total. The molecule has 1 amide bonds. The fourth-order valence-corrected chi connectivity index (χ4v) is 4.51. The number of aliphatic imine (C=N–C) groups is 1. The van der Waals surface area contributed by atoms with Gasteiger partial charge < -0.3 is 10.2 Å². The second-order valence-electron chi connectivity index (χ2n) is 7.31. The van der Waals surface area contributed by atoms with Crippen molar-refractivity contribution in [2.45, 2.75) is 6.54 Å². The molecule has 5 rings (SSSR count). The molecule has 0 aliphatic carbocycles. The minimum absolute atomic E-state index is 0.160. The van der Waals surface area contributed by atoms with Crippen LogP contribution < -0.4 is 10.9 Å². The highest BCUT2D eigenvalue weighted by atomic mass is 32.2. The van der Waals surface area contributed by atoms with Gasteiger partial charge in [-0.25, -0.2) is 9.37 Å². The molecule has 160 valence electrons. The molecule has 0 radical (unpaired) electrons. The van der Waals surface area contributed by atoms with Crippen LogP contribution in [0.15, 0.2) is 76.1 Å². The molecule has 9 heteroatoms. The van der Waals surface area contributed by atoms with Crippen LogP contribution in [0.4, 0.5) is 10.1 Å². The number of fused-ring (bicyclic) bond motifs is 1. The van der Waals surface area contributed by atoms with Crippen molar-refractivity contribution < 1.29 is 9.18 Å². The zero-order valence-electron chi connectivity index (χ0n) is 16.9. The third-order valence-corrected chi connectivity index (χ3v) is 6.07. The molecule has 32 heavy (non-hydrogen) atoms. The molecular formula is C23H18FN5O2S. The lowest BCUT2D eigenvalue weighted by Gasteiger charge is -2.17. The van der Waals surface area contributed by atoms with Gasteiger partial charge in [0.25, 0.3) is 5.56 Å². The smallest absolute Gasteiger partial charge is 0.254 e. The number of nitrogens with one attached hydrogen (secondary N) is 1. The van der Waals surface area contributed by atoms with E-state index in [1.54, 1.807) is 23.9 Å². The number of amidine groups is 1. The minimum Gasteiger partial charge on any atom is -0.325 e. The van der Waals surface area contributed by atoms with Gasteiger partial charge in [-0.15, -0.1) is 0 Å². The van der Waals surface area contributed by atoms with Crippen LogP contribution in [-0.2, 0) is 11.3 Å². The van der Waals surface area contributed by atoms with Crippen LogP contribution in [0.3, 0.4) is 0 Å². The van der Waals surface area contributed by atoms with Gasteiger partial charge in [0.2, 0.25) is 5.91 Å². The van der Waals surface area contributed by atoms with Gasteiger partial charge in [0.15, 0.2) is 5.17 Å². The van der Waals surface area contributed by atoms with Crippen molar-refractivity contribution in [1.82, 2.24) is 14.5 Å². The number of anilines is 1. The Kier molecular flexibility index (Phi) is 5.32. The second kappa shape index (κ2) is 8.43. The number of nitrogens with zero attached hydrogens (tertiary/aromatic N) is 4. The highest BCUT2D eigenvalue weighted by molar-refractivity contribution is 8.16. The number of thioether (sulfide) groups is 1. The number of carbonyl (C=O) groups excluding carboxylic acids is 1. The van der Waals surface area contributed by atoms with E-state index in [1.807, 2.05) is 24.3 Å². The third kappa shape index (κ3) is 4.06. The van der Waals surface area contributed by atoms with Crippen LogP contribution >= 0.6 is 11.8 Å². The standard InChI is InChI=1S/C23H18FN5O2S/c24-17-5-1-15(2-6-17)19-11-22(31)28(14-26-19)12-21(30)27-18-7-3-16(4-8-18)20-13-32-23-25-9-10-29(20)23/h1-8,11,13-14H,9-10,12H2,(H,27,30). The van der Waals surface area contributed by atoms with Crippen molar-refractivity contribution >= 4 is 34.2 Å². The summed E-state index contributed by atoms with van der Waals surface area (Å²) in [7, 11) is 0. The maximum absolute atomic E-state index is 13.1. The number of rotatable bonds is 5. The first-order valence-electron chi connectivity index (χ1n) is 9.98. The Morgan fingerprint density at radius 3 is 2.59 bits per heavy atom. The van der Waals surface area contributed by atoms with E-state index in [2.05, 4.69) is 25.6 Å². The van der Waals surface area contributed by atoms with Crippen LogP contribution in [0, 0.1) is 5.82 Å². The van der Waals surface area contributed by atoms with Gasteiger partial charge in [0, 0.05) is 29.3 Å². The molecule has 0 spiro atoms. The Morgan fingerprint density at radius 2 is 1.84 bits per heavy atom. The molecule has 0 saturated heterocycles. The lowest BCUT2D eigenvalue weighted by Crippen LogP contribution is -2.27. The summed E-state index contributed by atoms with van der Waals surface area (Å²) in [6, 6.07) is 14.6. The van der Waals surface area contributed by atoms with Gasteiger partial charge in [-0.2, -0.15) is 0 Å². The van der Waals surface area contributed by atoms with Gasteiger partial charge in [0.05, 0.1) is 24.3 Å². The van der Waals surface area contributed by atoms with Crippen LogP contribution in [0.25, 0.3) is 17.0 Å². The molecule has 2 aliphatic heterocycles. The highest BCUT2D eigenvalue weighted by Gasteiger charge is 2.26. The number of aromatic nitrogens is 2. The van der Waals surface area contributed by atoms with E-state index in [9.17, 15) is 14.0 Å².